The summed E-state index contributed by atoms with van der Waals surface area (Å²) >= 11 is 0. The highest BCUT2D eigenvalue weighted by atomic mass is 16.5. The van der Waals surface area contributed by atoms with Gasteiger partial charge in [-0.05, 0) is 31.3 Å². The molecule has 0 aliphatic carbocycles. The fourth-order valence-corrected chi connectivity index (χ4v) is 3.86. The number of rotatable bonds is 9. The Labute approximate surface area is 185 Å². The molecule has 1 amide bonds. The molecule has 2 atom stereocenters. The first-order valence-corrected chi connectivity index (χ1v) is 10.5. The van der Waals surface area contributed by atoms with Gasteiger partial charge in [0.15, 0.2) is 5.78 Å². The van der Waals surface area contributed by atoms with E-state index in [2.05, 4.69) is 0 Å². The first-order chi connectivity index (χ1) is 15.1. The Bertz CT molecular complexity index is 931. The van der Waals surface area contributed by atoms with Crippen LogP contribution in [0.3, 0.4) is 0 Å². The Morgan fingerprint density at radius 2 is 1.97 bits per heavy atom. The molecule has 0 unspecified atom stereocenters. The highest BCUT2D eigenvalue weighted by Gasteiger charge is 2.37. The van der Waals surface area contributed by atoms with Crippen molar-refractivity contribution in [3.63, 3.8) is 0 Å². The summed E-state index contributed by atoms with van der Waals surface area (Å²) < 4.78 is 11.1. The molecule has 2 heterocycles. The quantitative estimate of drug-likeness (QED) is 0.454. The van der Waals surface area contributed by atoms with Gasteiger partial charge < -0.3 is 30.2 Å². The van der Waals surface area contributed by atoms with Crippen LogP contribution in [-0.2, 0) is 20.8 Å². The minimum absolute atomic E-state index is 0.0488. The van der Waals surface area contributed by atoms with E-state index in [1.165, 1.54) is 11.8 Å². The summed E-state index contributed by atoms with van der Waals surface area (Å²) in [6, 6.07) is 2.36. The van der Waals surface area contributed by atoms with E-state index in [-0.39, 0.29) is 60.5 Å². The van der Waals surface area contributed by atoms with E-state index in [9.17, 15) is 29.3 Å². The Hall–Kier alpha value is -2.92. The number of nitrogens with zero attached hydrogens (tertiary/aromatic N) is 1. The van der Waals surface area contributed by atoms with Crippen LogP contribution >= 0.6 is 0 Å². The van der Waals surface area contributed by atoms with Crippen LogP contribution in [-0.4, -0.2) is 70.8 Å². The number of Topliss-reactive ketones (excluding diaryl/α,β-unsaturated/α-hetero) is 2. The SMILES string of the molecule is CC(=O)C[C@@H](N)C(=O)C[C@H](C)C(=O)N1CC(Oc2ccc3c(c2C(=O)O)OB(O)CC3)C1. The molecule has 11 heteroatoms. The summed E-state index contributed by atoms with van der Waals surface area (Å²) in [6.07, 6.45) is 0.365. The molecule has 1 aromatic carbocycles. The zero-order valence-electron chi connectivity index (χ0n) is 18.1. The second kappa shape index (κ2) is 9.70. The van der Waals surface area contributed by atoms with E-state index in [1.807, 2.05) is 0 Å². The molecule has 0 radical (unpaired) electrons. The highest BCUT2D eigenvalue weighted by molar-refractivity contribution is 6.44. The number of amides is 1. The van der Waals surface area contributed by atoms with Crippen LogP contribution in [0.15, 0.2) is 12.1 Å². The Morgan fingerprint density at radius 1 is 1.28 bits per heavy atom. The lowest BCUT2D eigenvalue weighted by atomic mass is 9.78. The van der Waals surface area contributed by atoms with Crippen molar-refractivity contribution in [3.05, 3.63) is 23.3 Å². The van der Waals surface area contributed by atoms with Crippen LogP contribution in [0.25, 0.3) is 0 Å². The third kappa shape index (κ3) is 5.28. The van der Waals surface area contributed by atoms with Gasteiger partial charge in [0.1, 0.15) is 28.9 Å². The number of fused-ring (bicyclic) bond motifs is 1. The minimum Gasteiger partial charge on any atom is -0.535 e. The molecule has 32 heavy (non-hydrogen) atoms. The van der Waals surface area contributed by atoms with Crippen molar-refractivity contribution in [1.82, 2.24) is 4.90 Å². The van der Waals surface area contributed by atoms with Crippen molar-refractivity contribution < 1.29 is 38.7 Å². The predicted molar refractivity (Wildman–Crippen MR) is 114 cm³/mol. The summed E-state index contributed by atoms with van der Waals surface area (Å²) in [5.41, 5.74) is 6.24. The summed E-state index contributed by atoms with van der Waals surface area (Å²) in [4.78, 5) is 49.1. The van der Waals surface area contributed by atoms with Gasteiger partial charge in [-0.2, -0.15) is 0 Å². The zero-order valence-corrected chi connectivity index (χ0v) is 18.1. The number of nitrogens with two attached hydrogens (primary N) is 1. The van der Waals surface area contributed by atoms with Crippen LogP contribution in [0.5, 0.6) is 11.5 Å². The second-order valence-corrected chi connectivity index (χ2v) is 8.41. The number of ether oxygens (including phenoxy) is 1. The number of hydrogen-bond donors (Lipinski definition) is 3. The molecule has 4 N–H and O–H groups in total. The molecule has 3 rings (SSSR count). The lowest BCUT2D eigenvalue weighted by molar-refractivity contribution is -0.145. The van der Waals surface area contributed by atoms with Crippen molar-refractivity contribution in [1.29, 1.82) is 0 Å². The minimum atomic E-state index is -1.23. The smallest absolute Gasteiger partial charge is 0.522 e. The molecular weight excluding hydrogens is 419 g/mol. The molecule has 10 nitrogen and oxygen atoms in total. The summed E-state index contributed by atoms with van der Waals surface area (Å²) in [6.45, 7) is 3.48. The third-order valence-corrected chi connectivity index (χ3v) is 5.63. The molecule has 0 saturated carbocycles. The fourth-order valence-electron chi connectivity index (χ4n) is 3.86. The lowest BCUT2D eigenvalue weighted by Gasteiger charge is -2.40. The standard InChI is InChI=1S/C21H27BN2O8/c1-11(7-16(26)15(23)8-12(2)25)20(27)24-9-14(10-24)31-17-4-3-13-5-6-22(30)32-19(13)18(17)21(28)29/h3-4,11,14-15,30H,5-10,23H2,1-2H3,(H,28,29)/t11-,15+/m0/s1. The maximum absolute atomic E-state index is 12.6. The molecular formula is C21H27BN2O8. The molecule has 2 aliphatic rings. The van der Waals surface area contributed by atoms with Gasteiger partial charge in [-0.25, -0.2) is 4.79 Å². The Morgan fingerprint density at radius 3 is 2.59 bits per heavy atom. The number of ketones is 2. The van der Waals surface area contributed by atoms with Gasteiger partial charge in [0, 0.05) is 18.8 Å². The van der Waals surface area contributed by atoms with Gasteiger partial charge >= 0.3 is 13.1 Å². The first-order valence-electron chi connectivity index (χ1n) is 10.5. The number of aryl methyl sites for hydroxylation is 1. The van der Waals surface area contributed by atoms with Gasteiger partial charge in [0.25, 0.3) is 0 Å². The average molecular weight is 446 g/mol. The van der Waals surface area contributed by atoms with Crippen LogP contribution in [0.4, 0.5) is 0 Å². The topological polar surface area (TPSA) is 156 Å². The molecule has 0 bridgehead atoms. The maximum atomic E-state index is 12.6. The number of benzene rings is 1. The summed E-state index contributed by atoms with van der Waals surface area (Å²) in [7, 11) is -1.07. The van der Waals surface area contributed by atoms with E-state index < -0.39 is 31.2 Å². The van der Waals surface area contributed by atoms with E-state index in [0.29, 0.717) is 18.3 Å². The van der Waals surface area contributed by atoms with E-state index >= 15 is 0 Å². The summed E-state index contributed by atoms with van der Waals surface area (Å²) in [5.74, 6) is -2.35. The van der Waals surface area contributed by atoms with Crippen molar-refractivity contribution in [2.45, 2.75) is 51.6 Å². The molecule has 2 aliphatic heterocycles. The number of likely N-dealkylation sites (tertiary alicyclic amines) is 1. The number of aromatic carboxylic acids is 1. The normalized spacial score (nSPS) is 17.5. The fraction of sp³-hybridized carbons (Fsp3) is 0.524. The van der Waals surface area contributed by atoms with Crippen molar-refractivity contribution in [3.8, 4) is 11.5 Å². The molecule has 1 saturated heterocycles. The van der Waals surface area contributed by atoms with Crippen LogP contribution in [0.2, 0.25) is 6.32 Å². The first kappa shape index (κ1) is 23.7. The lowest BCUT2D eigenvalue weighted by Crippen LogP contribution is -2.57. The maximum Gasteiger partial charge on any atom is 0.522 e. The number of carboxylic acids is 1. The molecule has 0 aromatic heterocycles. The van der Waals surface area contributed by atoms with Crippen LogP contribution in [0.1, 0.15) is 42.6 Å². The second-order valence-electron chi connectivity index (χ2n) is 8.41. The Balaban J connectivity index is 1.58. The van der Waals surface area contributed by atoms with E-state index in [1.54, 1.807) is 19.1 Å². The summed E-state index contributed by atoms with van der Waals surface area (Å²) in [5, 5.41) is 19.4. The monoisotopic (exact) mass is 446 g/mol. The number of hydrogen-bond acceptors (Lipinski definition) is 8. The van der Waals surface area contributed by atoms with Crippen LogP contribution < -0.4 is 15.1 Å². The van der Waals surface area contributed by atoms with E-state index in [4.69, 9.17) is 15.1 Å². The number of carboxylic acid groups (broad SMARTS) is 1. The van der Waals surface area contributed by atoms with E-state index in [0.717, 1.165) is 0 Å². The Kier molecular flexibility index (Phi) is 7.20. The van der Waals surface area contributed by atoms with Gasteiger partial charge in [-0.15, -0.1) is 0 Å². The highest BCUT2D eigenvalue weighted by Crippen LogP contribution is 2.37. The van der Waals surface area contributed by atoms with Gasteiger partial charge in [0.05, 0.1) is 19.1 Å². The van der Waals surface area contributed by atoms with Crippen molar-refractivity contribution >= 4 is 30.6 Å². The van der Waals surface area contributed by atoms with Crippen molar-refractivity contribution in [2.24, 2.45) is 11.7 Å². The third-order valence-electron chi connectivity index (χ3n) is 5.63. The predicted octanol–water partition coefficient (Wildman–Crippen LogP) is 0.292. The van der Waals surface area contributed by atoms with Crippen LogP contribution in [0, 0.1) is 5.92 Å². The number of carbonyl (C=O) groups excluding carboxylic acids is 3. The number of carbonyl (C=O) groups is 4. The zero-order chi connectivity index (χ0) is 23.6. The molecule has 1 aromatic rings. The van der Waals surface area contributed by atoms with Gasteiger partial charge in [-0.3, -0.25) is 14.4 Å². The molecule has 0 spiro atoms. The molecule has 172 valence electrons. The largest absolute Gasteiger partial charge is 0.535 e. The van der Waals surface area contributed by atoms with Gasteiger partial charge in [0.2, 0.25) is 5.91 Å². The molecule has 1 fully saturated rings. The van der Waals surface area contributed by atoms with Crippen molar-refractivity contribution in [2.75, 3.05) is 13.1 Å². The van der Waals surface area contributed by atoms with Gasteiger partial charge in [-0.1, -0.05) is 13.0 Å². The average Bonchev–Trinajstić information content (AvgIpc) is 2.68.